The van der Waals surface area contributed by atoms with Crippen LogP contribution in [0.1, 0.15) is 5.56 Å². The molecule has 0 aliphatic carbocycles. The Kier molecular flexibility index (Phi) is 4.57. The summed E-state index contributed by atoms with van der Waals surface area (Å²) in [6, 6.07) is 22.4. The summed E-state index contributed by atoms with van der Waals surface area (Å²) in [6.07, 6.45) is 6.00. The molecule has 4 rings (SSSR count). The van der Waals surface area contributed by atoms with Crippen LogP contribution >= 0.6 is 11.8 Å². The van der Waals surface area contributed by atoms with Gasteiger partial charge in [0.2, 0.25) is 5.16 Å². The molecular formula is C20H16N4S. The molecule has 2 aromatic heterocycles. The fourth-order valence-electron chi connectivity index (χ4n) is 2.54. The molecule has 0 atom stereocenters. The molecule has 0 amide bonds. The van der Waals surface area contributed by atoms with Gasteiger partial charge in [0, 0.05) is 17.5 Å². The van der Waals surface area contributed by atoms with Crippen molar-refractivity contribution in [3.8, 4) is 11.3 Å². The lowest BCUT2D eigenvalue weighted by atomic mass is 10.1. The molecule has 0 bridgehead atoms. The molecular weight excluding hydrogens is 328 g/mol. The van der Waals surface area contributed by atoms with E-state index in [1.165, 1.54) is 5.56 Å². The molecule has 0 spiro atoms. The average Bonchev–Trinajstić information content (AvgIpc) is 3.10. The molecule has 25 heavy (non-hydrogen) atoms. The minimum absolute atomic E-state index is 0.621. The van der Waals surface area contributed by atoms with Crippen LogP contribution in [-0.2, 0) is 0 Å². The van der Waals surface area contributed by atoms with Gasteiger partial charge in [0.25, 0.3) is 5.78 Å². The van der Waals surface area contributed by atoms with Crippen molar-refractivity contribution in [2.75, 3.05) is 5.75 Å². The van der Waals surface area contributed by atoms with Crippen LogP contribution in [0.2, 0.25) is 0 Å². The molecule has 0 fully saturated rings. The molecule has 2 aromatic carbocycles. The van der Waals surface area contributed by atoms with Gasteiger partial charge in [0.1, 0.15) is 0 Å². The number of hydrogen-bond donors (Lipinski definition) is 0. The van der Waals surface area contributed by atoms with E-state index < -0.39 is 0 Å². The molecule has 4 nitrogen and oxygen atoms in total. The van der Waals surface area contributed by atoms with Gasteiger partial charge in [-0.2, -0.15) is 9.50 Å². The first-order valence-electron chi connectivity index (χ1n) is 8.02. The van der Waals surface area contributed by atoms with Crippen LogP contribution in [0.5, 0.6) is 0 Å². The normalized spacial score (nSPS) is 11.4. The quantitative estimate of drug-likeness (QED) is 0.496. The van der Waals surface area contributed by atoms with E-state index in [0.29, 0.717) is 5.78 Å². The third-order valence-corrected chi connectivity index (χ3v) is 4.50. The zero-order valence-corrected chi connectivity index (χ0v) is 14.3. The van der Waals surface area contributed by atoms with E-state index in [2.05, 4.69) is 51.5 Å². The van der Waals surface area contributed by atoms with Gasteiger partial charge in [-0.15, -0.1) is 5.10 Å². The summed E-state index contributed by atoms with van der Waals surface area (Å²) in [5.41, 5.74) is 3.28. The first kappa shape index (κ1) is 15.6. The maximum Gasteiger partial charge on any atom is 0.253 e. The van der Waals surface area contributed by atoms with E-state index >= 15 is 0 Å². The molecule has 0 unspecified atom stereocenters. The second kappa shape index (κ2) is 7.32. The van der Waals surface area contributed by atoms with E-state index in [4.69, 9.17) is 0 Å². The van der Waals surface area contributed by atoms with Gasteiger partial charge in [-0.25, -0.2) is 4.98 Å². The van der Waals surface area contributed by atoms with E-state index in [-0.39, 0.29) is 0 Å². The first-order chi connectivity index (χ1) is 12.4. The highest BCUT2D eigenvalue weighted by atomic mass is 32.2. The third-order valence-electron chi connectivity index (χ3n) is 3.71. The average molecular weight is 344 g/mol. The van der Waals surface area contributed by atoms with Crippen LogP contribution in [0.15, 0.2) is 84.2 Å². The molecule has 0 N–H and O–H groups in total. The number of aromatic nitrogens is 4. The Hall–Kier alpha value is -2.92. The monoisotopic (exact) mass is 344 g/mol. The molecule has 0 aliphatic heterocycles. The fraction of sp³-hybridized carbons (Fsp3) is 0.0500. The van der Waals surface area contributed by atoms with Crippen LogP contribution in [0, 0.1) is 0 Å². The van der Waals surface area contributed by atoms with Crippen LogP contribution in [0.25, 0.3) is 23.1 Å². The smallest absolute Gasteiger partial charge is 0.220 e. The molecule has 5 heteroatoms. The fourth-order valence-corrected chi connectivity index (χ4v) is 3.16. The van der Waals surface area contributed by atoms with Crippen molar-refractivity contribution < 1.29 is 0 Å². The molecule has 122 valence electrons. The van der Waals surface area contributed by atoms with Crippen molar-refractivity contribution in [1.29, 1.82) is 0 Å². The van der Waals surface area contributed by atoms with Crippen molar-refractivity contribution in [2.24, 2.45) is 0 Å². The second-order valence-corrected chi connectivity index (χ2v) is 6.41. The van der Waals surface area contributed by atoms with Gasteiger partial charge in [0.15, 0.2) is 0 Å². The number of fused-ring (bicyclic) bond motifs is 1. The lowest BCUT2D eigenvalue weighted by molar-refractivity contribution is 0.887. The Labute approximate surface area is 150 Å². The zero-order chi connectivity index (χ0) is 16.9. The summed E-state index contributed by atoms with van der Waals surface area (Å²) in [7, 11) is 0. The number of hydrogen-bond acceptors (Lipinski definition) is 4. The standard InChI is InChI=1S/C20H16N4S/c1-3-8-16(9-4-1)10-7-15-25-20-22-19-21-14-13-18(24(19)23-20)17-11-5-2-6-12-17/h1-14H,15H2. The van der Waals surface area contributed by atoms with E-state index in [1.807, 2.05) is 42.5 Å². The molecule has 0 saturated carbocycles. The lowest BCUT2D eigenvalue weighted by Gasteiger charge is -2.02. The number of thioether (sulfide) groups is 1. The molecule has 0 radical (unpaired) electrons. The van der Waals surface area contributed by atoms with Crippen LogP contribution in [-0.4, -0.2) is 25.3 Å². The molecule has 2 heterocycles. The minimum atomic E-state index is 0.621. The Morgan fingerprint density at radius 1 is 0.920 bits per heavy atom. The molecule has 4 aromatic rings. The summed E-state index contributed by atoms with van der Waals surface area (Å²) < 4.78 is 1.80. The third kappa shape index (κ3) is 3.61. The highest BCUT2D eigenvalue weighted by Gasteiger charge is 2.09. The topological polar surface area (TPSA) is 43.1 Å². The summed E-state index contributed by atoms with van der Waals surface area (Å²) in [6.45, 7) is 0. The number of benzene rings is 2. The van der Waals surface area contributed by atoms with Gasteiger partial charge < -0.3 is 0 Å². The predicted molar refractivity (Wildman–Crippen MR) is 102 cm³/mol. The molecule has 0 aliphatic rings. The highest BCUT2D eigenvalue weighted by molar-refractivity contribution is 7.99. The predicted octanol–water partition coefficient (Wildman–Crippen LogP) is 4.60. The lowest BCUT2D eigenvalue weighted by Crippen LogP contribution is -1.95. The Morgan fingerprint density at radius 3 is 2.48 bits per heavy atom. The Balaban J connectivity index is 1.53. The van der Waals surface area contributed by atoms with E-state index in [9.17, 15) is 0 Å². The highest BCUT2D eigenvalue weighted by Crippen LogP contribution is 2.21. The van der Waals surface area contributed by atoms with Crippen LogP contribution in [0.3, 0.4) is 0 Å². The van der Waals surface area contributed by atoms with Gasteiger partial charge in [-0.05, 0) is 11.6 Å². The minimum Gasteiger partial charge on any atom is -0.220 e. The number of rotatable bonds is 5. The van der Waals surface area contributed by atoms with Gasteiger partial charge in [-0.1, -0.05) is 84.6 Å². The maximum atomic E-state index is 4.61. The van der Waals surface area contributed by atoms with Gasteiger partial charge in [0.05, 0.1) is 5.69 Å². The van der Waals surface area contributed by atoms with Crippen LogP contribution < -0.4 is 0 Å². The number of nitrogens with zero attached hydrogens (tertiary/aromatic N) is 4. The van der Waals surface area contributed by atoms with Crippen molar-refractivity contribution in [1.82, 2.24) is 19.6 Å². The zero-order valence-electron chi connectivity index (χ0n) is 13.5. The van der Waals surface area contributed by atoms with Crippen molar-refractivity contribution in [2.45, 2.75) is 5.16 Å². The summed E-state index contributed by atoms with van der Waals surface area (Å²) in [5.74, 6) is 1.43. The van der Waals surface area contributed by atoms with E-state index in [1.54, 1.807) is 22.5 Å². The first-order valence-corrected chi connectivity index (χ1v) is 9.00. The van der Waals surface area contributed by atoms with Gasteiger partial charge >= 0.3 is 0 Å². The summed E-state index contributed by atoms with van der Waals surface area (Å²) in [5, 5.41) is 5.34. The SMILES string of the molecule is C(=Cc1ccccc1)CSc1nc2nccc(-c3ccccc3)n2n1. The van der Waals surface area contributed by atoms with E-state index in [0.717, 1.165) is 22.2 Å². The Bertz CT molecular complexity index is 994. The summed E-state index contributed by atoms with van der Waals surface area (Å²) in [4.78, 5) is 8.84. The Morgan fingerprint density at radius 2 is 1.68 bits per heavy atom. The second-order valence-electron chi connectivity index (χ2n) is 5.43. The van der Waals surface area contributed by atoms with Crippen LogP contribution in [0.4, 0.5) is 0 Å². The van der Waals surface area contributed by atoms with Crippen molar-refractivity contribution in [3.05, 3.63) is 84.6 Å². The maximum absolute atomic E-state index is 4.61. The largest absolute Gasteiger partial charge is 0.253 e. The van der Waals surface area contributed by atoms with Gasteiger partial charge in [-0.3, -0.25) is 0 Å². The molecule has 0 saturated heterocycles. The van der Waals surface area contributed by atoms with Crippen molar-refractivity contribution >= 4 is 23.6 Å². The van der Waals surface area contributed by atoms with Crippen molar-refractivity contribution in [3.63, 3.8) is 0 Å². The summed E-state index contributed by atoms with van der Waals surface area (Å²) >= 11 is 1.60.